The molecule has 0 saturated carbocycles. The van der Waals surface area contributed by atoms with Crippen LogP contribution in [0, 0.1) is 13.8 Å². The third-order valence-electron chi connectivity index (χ3n) is 3.90. The standard InChI is InChI=1S/C15H24N6S/c1-6-21-9-13(10(2)19-21)7-16-15(22)18-11(3)14-8-17-20(5)12(14)4/h8-9,11H,6-7H2,1-5H3,(H2,16,18,22). The van der Waals surface area contributed by atoms with Gasteiger partial charge in [0.25, 0.3) is 0 Å². The lowest BCUT2D eigenvalue weighted by Gasteiger charge is -2.16. The summed E-state index contributed by atoms with van der Waals surface area (Å²) in [6.07, 6.45) is 3.94. The molecule has 0 aliphatic heterocycles. The SMILES string of the molecule is CCn1cc(CNC(=S)NC(C)c2cnn(C)c2C)c(C)n1. The van der Waals surface area contributed by atoms with Crippen molar-refractivity contribution in [3.8, 4) is 0 Å². The molecule has 22 heavy (non-hydrogen) atoms. The Balaban J connectivity index is 1.90. The van der Waals surface area contributed by atoms with Crippen molar-refractivity contribution in [3.63, 3.8) is 0 Å². The summed E-state index contributed by atoms with van der Waals surface area (Å²) in [5, 5.41) is 15.9. The molecule has 0 spiro atoms. The van der Waals surface area contributed by atoms with E-state index in [1.54, 1.807) is 0 Å². The van der Waals surface area contributed by atoms with Crippen molar-refractivity contribution in [2.75, 3.05) is 0 Å². The second-order valence-electron chi connectivity index (χ2n) is 5.45. The van der Waals surface area contributed by atoms with Gasteiger partial charge in [0.1, 0.15) is 0 Å². The molecule has 1 unspecified atom stereocenters. The lowest BCUT2D eigenvalue weighted by atomic mass is 10.1. The van der Waals surface area contributed by atoms with E-state index >= 15 is 0 Å². The van der Waals surface area contributed by atoms with E-state index in [-0.39, 0.29) is 6.04 Å². The van der Waals surface area contributed by atoms with Crippen LogP contribution in [0.2, 0.25) is 0 Å². The molecule has 1 atom stereocenters. The van der Waals surface area contributed by atoms with E-state index in [1.807, 2.05) is 29.5 Å². The summed E-state index contributed by atoms with van der Waals surface area (Å²) in [6, 6.07) is 0.119. The molecular formula is C15H24N6S. The highest BCUT2D eigenvalue weighted by atomic mass is 32.1. The summed E-state index contributed by atoms with van der Waals surface area (Å²) in [6.45, 7) is 9.78. The predicted molar refractivity (Wildman–Crippen MR) is 91.6 cm³/mol. The highest BCUT2D eigenvalue weighted by molar-refractivity contribution is 7.80. The maximum Gasteiger partial charge on any atom is 0.167 e. The Kier molecular flexibility index (Phi) is 5.18. The number of hydrogen-bond donors (Lipinski definition) is 2. The fraction of sp³-hybridized carbons (Fsp3) is 0.533. The molecule has 6 nitrogen and oxygen atoms in total. The Morgan fingerprint density at radius 3 is 2.68 bits per heavy atom. The van der Waals surface area contributed by atoms with E-state index in [4.69, 9.17) is 12.2 Å². The second-order valence-corrected chi connectivity index (χ2v) is 5.86. The van der Waals surface area contributed by atoms with Gasteiger partial charge in [-0.2, -0.15) is 10.2 Å². The highest BCUT2D eigenvalue weighted by Gasteiger charge is 2.13. The number of aryl methyl sites for hydroxylation is 3. The molecule has 2 N–H and O–H groups in total. The van der Waals surface area contributed by atoms with Crippen LogP contribution in [0.5, 0.6) is 0 Å². The maximum atomic E-state index is 5.38. The zero-order valence-electron chi connectivity index (χ0n) is 13.8. The van der Waals surface area contributed by atoms with Crippen molar-refractivity contribution < 1.29 is 0 Å². The van der Waals surface area contributed by atoms with Gasteiger partial charge in [0.15, 0.2) is 5.11 Å². The molecule has 0 bridgehead atoms. The number of nitrogens with one attached hydrogen (secondary N) is 2. The number of hydrogen-bond acceptors (Lipinski definition) is 3. The topological polar surface area (TPSA) is 59.7 Å². The van der Waals surface area contributed by atoms with Gasteiger partial charge in [-0.1, -0.05) is 0 Å². The van der Waals surface area contributed by atoms with Crippen molar-refractivity contribution >= 4 is 17.3 Å². The molecular weight excluding hydrogens is 296 g/mol. The van der Waals surface area contributed by atoms with Gasteiger partial charge in [-0.15, -0.1) is 0 Å². The first-order valence-corrected chi connectivity index (χ1v) is 7.89. The van der Waals surface area contributed by atoms with Gasteiger partial charge in [-0.3, -0.25) is 9.36 Å². The van der Waals surface area contributed by atoms with Gasteiger partial charge in [0, 0.05) is 43.2 Å². The van der Waals surface area contributed by atoms with E-state index < -0.39 is 0 Å². The van der Waals surface area contributed by atoms with Gasteiger partial charge >= 0.3 is 0 Å². The Morgan fingerprint density at radius 1 is 1.41 bits per heavy atom. The highest BCUT2D eigenvalue weighted by Crippen LogP contribution is 2.15. The summed E-state index contributed by atoms with van der Waals surface area (Å²) in [5.74, 6) is 0. The molecule has 2 rings (SSSR count). The van der Waals surface area contributed by atoms with Crippen LogP contribution in [0.3, 0.4) is 0 Å². The molecule has 0 amide bonds. The molecule has 0 fully saturated rings. The largest absolute Gasteiger partial charge is 0.359 e. The first-order chi connectivity index (χ1) is 10.4. The monoisotopic (exact) mass is 320 g/mol. The Hall–Kier alpha value is -1.89. The van der Waals surface area contributed by atoms with Gasteiger partial charge in [0.2, 0.25) is 0 Å². The minimum absolute atomic E-state index is 0.119. The summed E-state index contributed by atoms with van der Waals surface area (Å²) in [4.78, 5) is 0. The normalized spacial score (nSPS) is 12.2. The third-order valence-corrected chi connectivity index (χ3v) is 4.16. The van der Waals surface area contributed by atoms with Crippen LogP contribution in [-0.4, -0.2) is 24.7 Å². The molecule has 0 aromatic carbocycles. The lowest BCUT2D eigenvalue weighted by molar-refractivity contribution is 0.653. The van der Waals surface area contributed by atoms with Crippen LogP contribution in [0.1, 0.15) is 42.4 Å². The Morgan fingerprint density at radius 2 is 2.14 bits per heavy atom. The molecule has 2 aromatic heterocycles. The Bertz CT molecular complexity index is 657. The summed E-state index contributed by atoms with van der Waals surface area (Å²) >= 11 is 5.38. The van der Waals surface area contributed by atoms with Crippen LogP contribution in [0.15, 0.2) is 12.4 Å². The average molecular weight is 320 g/mol. The summed E-state index contributed by atoms with van der Waals surface area (Å²) in [7, 11) is 1.94. The molecule has 0 saturated heterocycles. The number of aromatic nitrogens is 4. The molecule has 0 aliphatic carbocycles. The van der Waals surface area contributed by atoms with Crippen LogP contribution < -0.4 is 10.6 Å². The zero-order chi connectivity index (χ0) is 16.3. The quantitative estimate of drug-likeness (QED) is 0.825. The van der Waals surface area contributed by atoms with Crippen molar-refractivity contribution in [1.29, 1.82) is 0 Å². The van der Waals surface area contributed by atoms with E-state index in [1.165, 1.54) is 0 Å². The average Bonchev–Trinajstić information content (AvgIpc) is 3.00. The predicted octanol–water partition coefficient (Wildman–Crippen LogP) is 1.98. The van der Waals surface area contributed by atoms with Gasteiger partial charge in [-0.25, -0.2) is 0 Å². The van der Waals surface area contributed by atoms with Gasteiger partial charge in [0.05, 0.1) is 17.9 Å². The second kappa shape index (κ2) is 6.91. The lowest BCUT2D eigenvalue weighted by Crippen LogP contribution is -2.36. The van der Waals surface area contributed by atoms with Crippen LogP contribution in [0.4, 0.5) is 0 Å². The molecule has 0 radical (unpaired) electrons. The first-order valence-electron chi connectivity index (χ1n) is 7.48. The smallest absolute Gasteiger partial charge is 0.167 e. The van der Waals surface area contributed by atoms with Crippen LogP contribution >= 0.6 is 12.2 Å². The first kappa shape index (κ1) is 16.5. The molecule has 120 valence electrons. The fourth-order valence-electron chi connectivity index (χ4n) is 2.34. The number of rotatable bonds is 5. The van der Waals surface area contributed by atoms with E-state index in [0.29, 0.717) is 11.7 Å². The fourth-order valence-corrected chi connectivity index (χ4v) is 2.59. The van der Waals surface area contributed by atoms with E-state index in [9.17, 15) is 0 Å². The maximum absolute atomic E-state index is 5.38. The Labute approximate surface area is 136 Å². The third kappa shape index (κ3) is 3.65. The zero-order valence-corrected chi connectivity index (χ0v) is 14.7. The summed E-state index contributed by atoms with van der Waals surface area (Å²) in [5.41, 5.74) is 4.49. The molecule has 2 heterocycles. The molecule has 2 aromatic rings. The number of thiocarbonyl (C=S) groups is 1. The van der Waals surface area contributed by atoms with Gasteiger partial charge in [-0.05, 0) is 39.9 Å². The van der Waals surface area contributed by atoms with Crippen molar-refractivity contribution in [2.45, 2.75) is 46.8 Å². The van der Waals surface area contributed by atoms with Crippen molar-refractivity contribution in [1.82, 2.24) is 30.2 Å². The summed E-state index contributed by atoms with van der Waals surface area (Å²) < 4.78 is 3.80. The molecule has 0 aliphatic rings. The van der Waals surface area contributed by atoms with Crippen molar-refractivity contribution in [3.05, 3.63) is 34.9 Å². The van der Waals surface area contributed by atoms with E-state index in [2.05, 4.69) is 47.8 Å². The van der Waals surface area contributed by atoms with Crippen LogP contribution in [-0.2, 0) is 20.1 Å². The minimum Gasteiger partial charge on any atom is -0.359 e. The molecule has 7 heteroatoms. The van der Waals surface area contributed by atoms with Gasteiger partial charge < -0.3 is 10.6 Å². The van der Waals surface area contributed by atoms with E-state index in [0.717, 1.165) is 29.1 Å². The number of nitrogens with zero attached hydrogens (tertiary/aromatic N) is 4. The minimum atomic E-state index is 0.119. The van der Waals surface area contributed by atoms with Crippen LogP contribution in [0.25, 0.3) is 0 Å². The van der Waals surface area contributed by atoms with Crippen molar-refractivity contribution in [2.24, 2.45) is 7.05 Å².